The van der Waals surface area contributed by atoms with E-state index in [0.29, 0.717) is 0 Å². The summed E-state index contributed by atoms with van der Waals surface area (Å²) in [6, 6.07) is 7.03. The smallest absolute Gasteiger partial charge is 0.361 e. The Balaban J connectivity index is 2.94. The van der Waals surface area contributed by atoms with Crippen molar-refractivity contribution in [1.82, 2.24) is 0 Å². The Morgan fingerprint density at radius 2 is 1.46 bits per heavy atom. The minimum absolute atomic E-state index is 0.0969. The number of carboxylic acids is 2. The number of nitro groups is 2. The van der Waals surface area contributed by atoms with E-state index in [9.17, 15) is 40.0 Å². The van der Waals surface area contributed by atoms with E-state index in [4.69, 9.17) is 0 Å². The van der Waals surface area contributed by atoms with Gasteiger partial charge in [0.05, 0.1) is 15.4 Å². The molecule has 0 aliphatic rings. The van der Waals surface area contributed by atoms with Crippen molar-refractivity contribution in [3.63, 3.8) is 0 Å². The summed E-state index contributed by atoms with van der Waals surface area (Å²) < 4.78 is 0. The van der Waals surface area contributed by atoms with E-state index in [1.807, 2.05) is 0 Å². The lowest BCUT2D eigenvalue weighted by Crippen LogP contribution is -2.09. The maximum Gasteiger partial charge on any atom is 0.361 e. The van der Waals surface area contributed by atoms with Gasteiger partial charge in [-0.2, -0.15) is 0 Å². The lowest BCUT2D eigenvalue weighted by molar-refractivity contribution is -0.422. The van der Waals surface area contributed by atoms with Crippen LogP contribution in [0.5, 0.6) is 0 Å². The minimum Gasteiger partial charge on any atom is -0.478 e. The molecule has 122 valence electrons. The topological polar surface area (TPSA) is 161 Å². The Labute approximate surface area is 132 Å². The highest BCUT2D eigenvalue weighted by Gasteiger charge is 2.35. The molecule has 0 amide bonds. The number of benzene rings is 2. The standard InChI is InChI=1S/C14H8N2O8/c17-13(18)9-4-2-1-3-7(9)8-5-6-10(15(21)22)12(16(23)24)11(8)14(19)20/h1-6H,(H,17,18)(H,19,20). The molecule has 0 unspecified atom stereocenters. The van der Waals surface area contributed by atoms with Crippen LogP contribution in [0.15, 0.2) is 36.4 Å². The van der Waals surface area contributed by atoms with Crippen molar-refractivity contribution in [3.05, 3.63) is 67.8 Å². The number of hydrogen-bond acceptors (Lipinski definition) is 6. The molecule has 0 aliphatic carbocycles. The third-order valence-corrected chi connectivity index (χ3v) is 3.20. The van der Waals surface area contributed by atoms with Gasteiger partial charge in [0.1, 0.15) is 0 Å². The van der Waals surface area contributed by atoms with Crippen LogP contribution >= 0.6 is 0 Å². The zero-order chi connectivity index (χ0) is 18.0. The van der Waals surface area contributed by atoms with E-state index in [-0.39, 0.29) is 16.7 Å². The van der Waals surface area contributed by atoms with Crippen LogP contribution in [0.2, 0.25) is 0 Å². The molecule has 0 atom stereocenters. The molecule has 2 rings (SSSR count). The third-order valence-electron chi connectivity index (χ3n) is 3.20. The largest absolute Gasteiger partial charge is 0.478 e. The number of aromatic carboxylic acids is 2. The second-order valence-corrected chi connectivity index (χ2v) is 4.53. The normalized spacial score (nSPS) is 10.2. The molecule has 2 aromatic rings. The zero-order valence-corrected chi connectivity index (χ0v) is 11.7. The molecule has 24 heavy (non-hydrogen) atoms. The molecule has 2 N–H and O–H groups in total. The van der Waals surface area contributed by atoms with Crippen LogP contribution < -0.4 is 0 Å². The molecule has 0 spiro atoms. The molecule has 0 aromatic heterocycles. The van der Waals surface area contributed by atoms with Gasteiger partial charge in [-0.15, -0.1) is 0 Å². The number of hydrogen-bond donors (Lipinski definition) is 2. The van der Waals surface area contributed by atoms with Crippen LogP contribution in [-0.2, 0) is 0 Å². The lowest BCUT2D eigenvalue weighted by Gasteiger charge is -2.10. The summed E-state index contributed by atoms with van der Waals surface area (Å²) in [6.45, 7) is 0. The maximum atomic E-state index is 11.5. The molecule has 10 heteroatoms. The fraction of sp³-hybridized carbons (Fsp3) is 0. The van der Waals surface area contributed by atoms with Gasteiger partial charge in [-0.25, -0.2) is 9.59 Å². The molecule has 0 aliphatic heterocycles. The first-order valence-corrected chi connectivity index (χ1v) is 6.27. The van der Waals surface area contributed by atoms with Crippen LogP contribution in [-0.4, -0.2) is 32.0 Å². The van der Waals surface area contributed by atoms with E-state index in [1.165, 1.54) is 24.3 Å². The van der Waals surface area contributed by atoms with Crippen molar-refractivity contribution in [1.29, 1.82) is 0 Å². The lowest BCUT2D eigenvalue weighted by atomic mass is 9.93. The highest BCUT2D eigenvalue weighted by Crippen LogP contribution is 2.38. The van der Waals surface area contributed by atoms with Crippen LogP contribution in [0.4, 0.5) is 11.4 Å². The predicted molar refractivity (Wildman–Crippen MR) is 79.1 cm³/mol. The van der Waals surface area contributed by atoms with Gasteiger partial charge in [0.25, 0.3) is 0 Å². The average Bonchev–Trinajstić information content (AvgIpc) is 2.52. The number of nitrogens with zero attached hydrogens (tertiary/aromatic N) is 2. The molecular formula is C14H8N2O8. The molecule has 0 bridgehead atoms. The van der Waals surface area contributed by atoms with Crippen LogP contribution in [0.25, 0.3) is 11.1 Å². The number of rotatable bonds is 5. The first-order chi connectivity index (χ1) is 11.3. The summed E-state index contributed by atoms with van der Waals surface area (Å²) in [5.74, 6) is -3.15. The second-order valence-electron chi connectivity index (χ2n) is 4.53. The monoisotopic (exact) mass is 332 g/mol. The van der Waals surface area contributed by atoms with Gasteiger partial charge in [-0.1, -0.05) is 18.2 Å². The summed E-state index contributed by atoms with van der Waals surface area (Å²) in [6.07, 6.45) is 0. The highest BCUT2D eigenvalue weighted by atomic mass is 16.6. The Morgan fingerprint density at radius 1 is 0.833 bits per heavy atom. The molecule has 0 radical (unpaired) electrons. The van der Waals surface area contributed by atoms with Gasteiger partial charge in [0.15, 0.2) is 5.56 Å². The minimum atomic E-state index is -1.78. The van der Waals surface area contributed by atoms with Crippen molar-refractivity contribution in [2.24, 2.45) is 0 Å². The third kappa shape index (κ3) is 2.75. The Bertz CT molecular complexity index is 890. The zero-order valence-electron chi connectivity index (χ0n) is 11.7. The average molecular weight is 332 g/mol. The van der Waals surface area contributed by atoms with Crippen molar-refractivity contribution >= 4 is 23.3 Å². The molecule has 0 saturated carbocycles. The number of nitro benzene ring substituents is 2. The molecule has 2 aromatic carbocycles. The van der Waals surface area contributed by atoms with Crippen molar-refractivity contribution in [2.75, 3.05) is 0 Å². The fourth-order valence-electron chi connectivity index (χ4n) is 2.26. The maximum absolute atomic E-state index is 11.5. The summed E-state index contributed by atoms with van der Waals surface area (Å²) in [7, 11) is 0. The van der Waals surface area contributed by atoms with Gasteiger partial charge >= 0.3 is 23.3 Å². The highest BCUT2D eigenvalue weighted by molar-refractivity contribution is 6.05. The van der Waals surface area contributed by atoms with E-state index in [0.717, 1.165) is 12.1 Å². The van der Waals surface area contributed by atoms with Crippen LogP contribution in [0.3, 0.4) is 0 Å². The summed E-state index contributed by atoms with van der Waals surface area (Å²) in [5, 5.41) is 40.6. The van der Waals surface area contributed by atoms with E-state index in [2.05, 4.69) is 0 Å². The van der Waals surface area contributed by atoms with Crippen molar-refractivity contribution in [3.8, 4) is 11.1 Å². The molecule has 0 saturated heterocycles. The van der Waals surface area contributed by atoms with E-state index >= 15 is 0 Å². The van der Waals surface area contributed by atoms with Crippen molar-refractivity contribution in [2.45, 2.75) is 0 Å². The Morgan fingerprint density at radius 3 is 1.96 bits per heavy atom. The Kier molecular flexibility index (Phi) is 4.22. The molecular weight excluding hydrogens is 324 g/mol. The van der Waals surface area contributed by atoms with Gasteiger partial charge in [-0.3, -0.25) is 20.2 Å². The summed E-state index contributed by atoms with van der Waals surface area (Å²) >= 11 is 0. The van der Waals surface area contributed by atoms with E-state index in [1.54, 1.807) is 0 Å². The van der Waals surface area contributed by atoms with Crippen LogP contribution in [0.1, 0.15) is 20.7 Å². The molecule has 0 fully saturated rings. The van der Waals surface area contributed by atoms with Gasteiger partial charge in [0, 0.05) is 11.6 Å². The molecule has 0 heterocycles. The van der Waals surface area contributed by atoms with Crippen LogP contribution in [0, 0.1) is 20.2 Å². The van der Waals surface area contributed by atoms with Gasteiger partial charge < -0.3 is 10.2 Å². The number of carboxylic acid groups (broad SMARTS) is 2. The second kappa shape index (κ2) is 6.12. The van der Waals surface area contributed by atoms with Gasteiger partial charge in [0.2, 0.25) is 0 Å². The first-order valence-electron chi connectivity index (χ1n) is 6.27. The number of carbonyl (C=O) groups is 2. The quantitative estimate of drug-likeness (QED) is 0.623. The van der Waals surface area contributed by atoms with E-state index < -0.39 is 38.7 Å². The fourth-order valence-corrected chi connectivity index (χ4v) is 2.26. The van der Waals surface area contributed by atoms with Gasteiger partial charge in [-0.05, 0) is 17.7 Å². The Hall–Kier alpha value is -3.82. The summed E-state index contributed by atoms with van der Waals surface area (Å²) in [4.78, 5) is 42.7. The predicted octanol–water partition coefficient (Wildman–Crippen LogP) is 2.57. The SMILES string of the molecule is O=C(O)c1ccccc1-c1ccc([N+](=O)[O-])c([N+](=O)[O-])c1C(=O)O. The van der Waals surface area contributed by atoms with Crippen molar-refractivity contribution < 1.29 is 29.6 Å². The molecule has 10 nitrogen and oxygen atoms in total. The summed E-state index contributed by atoms with van der Waals surface area (Å²) in [5.41, 5.74) is -3.82. The first kappa shape index (κ1) is 16.5.